The van der Waals surface area contributed by atoms with Crippen molar-refractivity contribution in [3.8, 4) is 0 Å². The summed E-state index contributed by atoms with van der Waals surface area (Å²) in [5.41, 5.74) is -0.233. The Labute approximate surface area is 152 Å². The molecule has 1 aliphatic rings. The Morgan fingerprint density at radius 3 is 2.77 bits per heavy atom. The van der Waals surface area contributed by atoms with Crippen molar-refractivity contribution in [2.45, 2.75) is 38.0 Å². The van der Waals surface area contributed by atoms with E-state index in [1.807, 2.05) is 6.92 Å². The van der Waals surface area contributed by atoms with Gasteiger partial charge in [0, 0.05) is 23.9 Å². The molecule has 0 bridgehead atoms. The van der Waals surface area contributed by atoms with Crippen LogP contribution in [0.25, 0.3) is 0 Å². The number of hydrogen-bond donors (Lipinski definition) is 2. The van der Waals surface area contributed by atoms with Crippen LogP contribution in [0.2, 0.25) is 0 Å². The van der Waals surface area contributed by atoms with E-state index in [1.165, 1.54) is 6.07 Å². The van der Waals surface area contributed by atoms with Crippen molar-refractivity contribution in [3.63, 3.8) is 0 Å². The van der Waals surface area contributed by atoms with E-state index in [4.69, 9.17) is 0 Å². The molecule has 1 heterocycles. The number of nitrogens with zero attached hydrogens (tertiary/aromatic N) is 2. The lowest BCUT2D eigenvalue weighted by Gasteiger charge is -2.11. The quantitative estimate of drug-likeness (QED) is 0.465. The fraction of sp³-hybridized carbons (Fsp3) is 0.412. The summed E-state index contributed by atoms with van der Waals surface area (Å²) in [5.74, 6) is 0.322. The highest BCUT2D eigenvalue weighted by Crippen LogP contribution is 2.41. The van der Waals surface area contributed by atoms with Crippen LogP contribution in [0.1, 0.15) is 35.5 Å². The first-order valence-electron chi connectivity index (χ1n) is 8.19. The van der Waals surface area contributed by atoms with Crippen molar-refractivity contribution < 1.29 is 17.6 Å². The molecule has 2 unspecified atom stereocenters. The second kappa shape index (κ2) is 7.61. The number of guanidine groups is 1. The van der Waals surface area contributed by atoms with Gasteiger partial charge in [-0.25, -0.2) is 14.4 Å². The highest BCUT2D eigenvalue weighted by Gasteiger charge is 2.40. The van der Waals surface area contributed by atoms with Crippen LogP contribution in [-0.4, -0.2) is 23.5 Å². The van der Waals surface area contributed by atoms with Gasteiger partial charge in [0.05, 0.1) is 6.54 Å². The molecule has 0 spiro atoms. The van der Waals surface area contributed by atoms with E-state index in [1.54, 1.807) is 18.2 Å². The van der Waals surface area contributed by atoms with E-state index < -0.39 is 11.9 Å². The van der Waals surface area contributed by atoms with Gasteiger partial charge in [-0.1, -0.05) is 18.2 Å². The zero-order chi connectivity index (χ0) is 18.7. The molecule has 1 aromatic carbocycles. The average Bonchev–Trinajstić information content (AvgIpc) is 3.15. The standard InChI is InChI=1S/C17H18F4N4S/c1-2-22-16(23-8-15-25-14(9-26-15)17(19,20)21)24-13-7-11(13)10-5-3-4-6-12(10)18/h3-6,9,11,13H,2,7-8H2,1H3,(H2,22,23,24). The van der Waals surface area contributed by atoms with Crippen LogP contribution in [0.3, 0.4) is 0 Å². The first-order valence-corrected chi connectivity index (χ1v) is 9.07. The zero-order valence-corrected chi connectivity index (χ0v) is 14.8. The van der Waals surface area contributed by atoms with Gasteiger partial charge in [-0.3, -0.25) is 0 Å². The van der Waals surface area contributed by atoms with Crippen molar-refractivity contribution in [3.05, 3.63) is 51.7 Å². The molecule has 1 aliphatic carbocycles. The summed E-state index contributed by atoms with van der Waals surface area (Å²) in [6.45, 7) is 2.55. The van der Waals surface area contributed by atoms with Crippen LogP contribution in [-0.2, 0) is 12.7 Å². The van der Waals surface area contributed by atoms with Crippen LogP contribution in [0.15, 0.2) is 34.6 Å². The van der Waals surface area contributed by atoms with Crippen molar-refractivity contribution in [1.82, 2.24) is 15.6 Å². The van der Waals surface area contributed by atoms with Crippen LogP contribution in [0, 0.1) is 5.82 Å². The maximum Gasteiger partial charge on any atom is 0.434 e. The lowest BCUT2D eigenvalue weighted by molar-refractivity contribution is -0.140. The number of rotatable bonds is 5. The molecule has 140 valence electrons. The van der Waals surface area contributed by atoms with Crippen molar-refractivity contribution in [1.29, 1.82) is 0 Å². The van der Waals surface area contributed by atoms with E-state index >= 15 is 0 Å². The number of alkyl halides is 3. The Hall–Kier alpha value is -2.16. The molecule has 3 rings (SSSR count). The second-order valence-electron chi connectivity index (χ2n) is 5.93. The molecule has 0 amide bonds. The Morgan fingerprint density at radius 1 is 1.35 bits per heavy atom. The topological polar surface area (TPSA) is 49.3 Å². The smallest absolute Gasteiger partial charge is 0.357 e. The SMILES string of the molecule is CCNC(=NCc1nc(C(F)(F)F)cs1)NC1CC1c1ccccc1F. The first-order chi connectivity index (χ1) is 12.4. The van der Waals surface area contributed by atoms with Crippen LogP contribution in [0.5, 0.6) is 0 Å². The molecule has 0 radical (unpaired) electrons. The first kappa shape index (κ1) is 18.6. The van der Waals surface area contributed by atoms with Gasteiger partial charge in [-0.05, 0) is 25.0 Å². The summed E-state index contributed by atoms with van der Waals surface area (Å²) in [4.78, 5) is 7.85. The highest BCUT2D eigenvalue weighted by atomic mass is 32.1. The minimum atomic E-state index is -4.44. The molecule has 1 saturated carbocycles. The van der Waals surface area contributed by atoms with E-state index in [2.05, 4.69) is 20.6 Å². The van der Waals surface area contributed by atoms with E-state index in [0.29, 0.717) is 18.1 Å². The van der Waals surface area contributed by atoms with Gasteiger partial charge in [-0.2, -0.15) is 13.2 Å². The molecule has 2 atom stereocenters. The van der Waals surface area contributed by atoms with Crippen LogP contribution in [0.4, 0.5) is 17.6 Å². The number of benzene rings is 1. The van der Waals surface area contributed by atoms with E-state index in [0.717, 1.165) is 23.1 Å². The van der Waals surface area contributed by atoms with Gasteiger partial charge in [0.25, 0.3) is 0 Å². The summed E-state index contributed by atoms with van der Waals surface area (Å²) < 4.78 is 51.6. The highest BCUT2D eigenvalue weighted by molar-refractivity contribution is 7.09. The second-order valence-corrected chi connectivity index (χ2v) is 6.88. The molecule has 26 heavy (non-hydrogen) atoms. The maximum absolute atomic E-state index is 13.8. The molecule has 4 nitrogen and oxygen atoms in total. The summed E-state index contributed by atoms with van der Waals surface area (Å²) in [6, 6.07) is 6.70. The van der Waals surface area contributed by atoms with Gasteiger partial charge in [0.2, 0.25) is 0 Å². The Morgan fingerprint density at radius 2 is 2.12 bits per heavy atom. The van der Waals surface area contributed by atoms with Gasteiger partial charge >= 0.3 is 6.18 Å². The Balaban J connectivity index is 1.62. The molecule has 1 fully saturated rings. The fourth-order valence-electron chi connectivity index (χ4n) is 2.63. The monoisotopic (exact) mass is 386 g/mol. The molecule has 2 aromatic rings. The molecule has 1 aromatic heterocycles. The number of hydrogen-bond acceptors (Lipinski definition) is 3. The lowest BCUT2D eigenvalue weighted by atomic mass is 10.1. The molecule has 9 heteroatoms. The van der Waals surface area contributed by atoms with Gasteiger partial charge < -0.3 is 10.6 Å². The minimum Gasteiger partial charge on any atom is -0.357 e. The van der Waals surface area contributed by atoms with Gasteiger partial charge in [-0.15, -0.1) is 11.3 Å². The summed E-state index contributed by atoms with van der Waals surface area (Å²) in [5, 5.41) is 7.52. The van der Waals surface area contributed by atoms with Gasteiger partial charge in [0.15, 0.2) is 11.7 Å². The van der Waals surface area contributed by atoms with E-state index in [-0.39, 0.29) is 29.3 Å². The number of aromatic nitrogens is 1. The normalized spacial score (nSPS) is 20.1. The third-order valence-corrected chi connectivity index (χ3v) is 4.81. The Bertz CT molecular complexity index is 787. The third-order valence-electron chi connectivity index (χ3n) is 3.98. The zero-order valence-electron chi connectivity index (χ0n) is 14.0. The minimum absolute atomic E-state index is 0.0479. The van der Waals surface area contributed by atoms with Crippen molar-refractivity contribution >= 4 is 17.3 Å². The molecular formula is C17H18F4N4S. The molecule has 0 aliphatic heterocycles. The number of aliphatic imine (C=N–C) groups is 1. The van der Waals surface area contributed by atoms with Crippen LogP contribution < -0.4 is 10.6 Å². The fourth-order valence-corrected chi connectivity index (χ4v) is 3.35. The van der Waals surface area contributed by atoms with Crippen molar-refractivity contribution in [2.75, 3.05) is 6.54 Å². The molecular weight excluding hydrogens is 368 g/mol. The van der Waals surface area contributed by atoms with Crippen LogP contribution >= 0.6 is 11.3 Å². The lowest BCUT2D eigenvalue weighted by Crippen LogP contribution is -2.39. The largest absolute Gasteiger partial charge is 0.434 e. The molecule has 2 N–H and O–H groups in total. The van der Waals surface area contributed by atoms with E-state index in [9.17, 15) is 17.6 Å². The molecule has 0 saturated heterocycles. The maximum atomic E-state index is 13.8. The van der Waals surface area contributed by atoms with Crippen molar-refractivity contribution in [2.24, 2.45) is 4.99 Å². The predicted molar refractivity (Wildman–Crippen MR) is 92.6 cm³/mol. The Kier molecular flexibility index (Phi) is 5.45. The van der Waals surface area contributed by atoms with Gasteiger partial charge in [0.1, 0.15) is 10.8 Å². The number of halogens is 4. The number of thiazole rings is 1. The summed E-state index contributed by atoms with van der Waals surface area (Å²) >= 11 is 0.927. The number of nitrogens with one attached hydrogen (secondary N) is 2. The average molecular weight is 386 g/mol. The predicted octanol–water partition coefficient (Wildman–Crippen LogP) is 3.91. The summed E-state index contributed by atoms with van der Waals surface area (Å²) in [7, 11) is 0. The third kappa shape index (κ3) is 4.51. The summed E-state index contributed by atoms with van der Waals surface area (Å²) in [6.07, 6.45) is -3.66.